The van der Waals surface area contributed by atoms with E-state index in [0.29, 0.717) is 35.4 Å². The fourth-order valence-corrected chi connectivity index (χ4v) is 5.19. The molecule has 0 atom stereocenters. The molecular formula is C25H21F2N5O2S. The highest BCUT2D eigenvalue weighted by Gasteiger charge is 2.41. The molecule has 0 spiro atoms. The predicted molar refractivity (Wildman–Crippen MR) is 128 cm³/mol. The second kappa shape index (κ2) is 8.54. The lowest BCUT2D eigenvalue weighted by Crippen LogP contribution is -2.70. The summed E-state index contributed by atoms with van der Waals surface area (Å²) in [5.41, 5.74) is 1.91. The largest absolute Gasteiger partial charge is 0.345 e. The average molecular weight is 494 g/mol. The number of rotatable bonds is 5. The fraction of sp³-hybridized carbons (Fsp3) is 0.240. The van der Waals surface area contributed by atoms with Crippen LogP contribution in [0.25, 0.3) is 16.6 Å². The smallest absolute Gasteiger partial charge is 0.280 e. The van der Waals surface area contributed by atoms with Gasteiger partial charge in [0.05, 0.1) is 11.6 Å². The number of aromatic nitrogens is 2. The third-order valence-corrected chi connectivity index (χ3v) is 7.43. The lowest BCUT2D eigenvalue weighted by molar-refractivity contribution is -0.00940. The van der Waals surface area contributed by atoms with Gasteiger partial charge in [-0.05, 0) is 36.4 Å². The third kappa shape index (κ3) is 3.98. The van der Waals surface area contributed by atoms with Crippen LogP contribution in [0.2, 0.25) is 0 Å². The summed E-state index contributed by atoms with van der Waals surface area (Å²) in [6, 6.07) is 11.4. The summed E-state index contributed by atoms with van der Waals surface area (Å²) < 4.78 is 28.7. The quantitative estimate of drug-likeness (QED) is 0.463. The van der Waals surface area contributed by atoms with Crippen LogP contribution >= 0.6 is 11.3 Å². The minimum absolute atomic E-state index is 0.0297. The number of fused-ring (bicyclic) bond motifs is 1. The van der Waals surface area contributed by atoms with Gasteiger partial charge in [0.15, 0.2) is 16.6 Å². The molecule has 2 aliphatic rings. The van der Waals surface area contributed by atoms with E-state index >= 15 is 0 Å². The molecule has 6 rings (SSSR count). The average Bonchev–Trinajstić information content (AvgIpc) is 3.48. The lowest BCUT2D eigenvalue weighted by Gasteiger charge is -2.51. The maximum absolute atomic E-state index is 13.7. The topological polar surface area (TPSA) is 70.5 Å². The van der Waals surface area contributed by atoms with Crippen molar-refractivity contribution in [2.45, 2.75) is 12.1 Å². The first-order chi connectivity index (χ1) is 17.0. The van der Waals surface area contributed by atoms with Crippen LogP contribution in [-0.2, 0) is 0 Å². The Bertz CT molecular complexity index is 1430. The van der Waals surface area contributed by atoms with Crippen LogP contribution in [0.3, 0.4) is 0 Å². The number of halogens is 2. The Morgan fingerprint density at radius 2 is 1.83 bits per heavy atom. The van der Waals surface area contributed by atoms with Crippen molar-refractivity contribution in [3.63, 3.8) is 0 Å². The van der Waals surface area contributed by atoms with Gasteiger partial charge in [0.1, 0.15) is 0 Å². The maximum atomic E-state index is 13.7. The van der Waals surface area contributed by atoms with E-state index < -0.39 is 11.6 Å². The van der Waals surface area contributed by atoms with Crippen molar-refractivity contribution in [2.75, 3.05) is 26.2 Å². The second-order valence-corrected chi connectivity index (χ2v) is 9.78. The van der Waals surface area contributed by atoms with Crippen LogP contribution in [0, 0.1) is 11.6 Å². The first-order valence-corrected chi connectivity index (χ1v) is 12.1. The maximum Gasteiger partial charge on any atom is 0.280 e. The van der Waals surface area contributed by atoms with E-state index in [4.69, 9.17) is 0 Å². The van der Waals surface area contributed by atoms with Crippen LogP contribution in [0.4, 0.5) is 8.78 Å². The van der Waals surface area contributed by atoms with Gasteiger partial charge < -0.3 is 14.8 Å². The number of carbonyl (C=O) groups excluding carboxylic acids is 2. The Kier molecular flexibility index (Phi) is 5.34. The van der Waals surface area contributed by atoms with Crippen LogP contribution in [0.5, 0.6) is 0 Å². The van der Waals surface area contributed by atoms with Crippen molar-refractivity contribution in [2.24, 2.45) is 0 Å². The number of nitrogens with zero attached hydrogens (tertiary/aromatic N) is 4. The number of hydrogen-bond acceptors (Lipinski definition) is 5. The van der Waals surface area contributed by atoms with Gasteiger partial charge in [-0.25, -0.2) is 13.8 Å². The van der Waals surface area contributed by atoms with Crippen molar-refractivity contribution >= 4 is 34.1 Å². The Hall–Kier alpha value is -3.63. The molecule has 2 aliphatic heterocycles. The molecule has 0 bridgehead atoms. The molecular weight excluding hydrogens is 472 g/mol. The summed E-state index contributed by atoms with van der Waals surface area (Å²) in [5, 5.41) is 6.09. The molecule has 2 aromatic carbocycles. The van der Waals surface area contributed by atoms with E-state index in [1.54, 1.807) is 28.4 Å². The number of likely N-dealkylation sites (tertiary alicyclic amines) is 2. The van der Waals surface area contributed by atoms with Gasteiger partial charge in [-0.3, -0.25) is 14.5 Å². The molecule has 178 valence electrons. The minimum atomic E-state index is -0.904. The van der Waals surface area contributed by atoms with E-state index in [1.165, 1.54) is 17.4 Å². The second-order valence-electron chi connectivity index (χ2n) is 8.88. The molecule has 4 heterocycles. The van der Waals surface area contributed by atoms with Crippen LogP contribution in [-0.4, -0.2) is 69.4 Å². The van der Waals surface area contributed by atoms with Gasteiger partial charge in [0.2, 0.25) is 0 Å². The summed E-state index contributed by atoms with van der Waals surface area (Å²) in [5.74, 6) is -1.96. The first kappa shape index (κ1) is 21.9. The number of nitrogens with one attached hydrogen (secondary N) is 1. The summed E-state index contributed by atoms with van der Waals surface area (Å²) in [4.78, 5) is 33.2. The molecule has 1 N–H and O–H groups in total. The lowest BCUT2D eigenvalue weighted by atomic mass is 9.98. The van der Waals surface area contributed by atoms with Gasteiger partial charge in [-0.15, -0.1) is 11.3 Å². The Morgan fingerprint density at radius 3 is 2.57 bits per heavy atom. The number of hydrogen-bond donors (Lipinski definition) is 1. The standard InChI is InChI=1S/C25H21F2N5O2S/c26-20-3-2-18(10-21(20)27)32-7-5-15-9-16(1-4-22(15)32)25(34)31-13-19(14-31)30-11-17(12-30)29-23(33)24-28-6-8-35-24/h1-10,17,19H,11-14H2,(H,29,33). The number of carbonyl (C=O) groups is 2. The highest BCUT2D eigenvalue weighted by atomic mass is 32.1. The molecule has 0 saturated carbocycles. The van der Waals surface area contributed by atoms with Crippen molar-refractivity contribution in [1.29, 1.82) is 0 Å². The fourth-order valence-electron chi connectivity index (χ4n) is 4.66. The number of thiazole rings is 1. The zero-order valence-corrected chi connectivity index (χ0v) is 19.3. The molecule has 2 saturated heterocycles. The van der Waals surface area contributed by atoms with Crippen molar-refractivity contribution in [3.05, 3.63) is 82.4 Å². The minimum Gasteiger partial charge on any atom is -0.345 e. The molecule has 2 amide bonds. The third-order valence-electron chi connectivity index (χ3n) is 6.66. The van der Waals surface area contributed by atoms with E-state index in [0.717, 1.165) is 36.1 Å². The molecule has 4 aromatic rings. The van der Waals surface area contributed by atoms with E-state index in [1.807, 2.05) is 23.1 Å². The molecule has 0 aliphatic carbocycles. The SMILES string of the molecule is O=C(NC1CN(C2CN(C(=O)c3ccc4c(ccn4-c4ccc(F)c(F)c4)c3)C2)C1)c1nccs1. The van der Waals surface area contributed by atoms with Gasteiger partial charge in [-0.2, -0.15) is 0 Å². The molecule has 2 fully saturated rings. The zero-order valence-electron chi connectivity index (χ0n) is 18.5. The van der Waals surface area contributed by atoms with E-state index in [9.17, 15) is 18.4 Å². The summed E-state index contributed by atoms with van der Waals surface area (Å²) in [7, 11) is 0. The van der Waals surface area contributed by atoms with Gasteiger partial charge in [0.25, 0.3) is 11.8 Å². The van der Waals surface area contributed by atoms with E-state index in [2.05, 4.69) is 15.2 Å². The van der Waals surface area contributed by atoms with Gasteiger partial charge >= 0.3 is 0 Å². The number of benzene rings is 2. The highest BCUT2D eigenvalue weighted by molar-refractivity contribution is 7.11. The van der Waals surface area contributed by atoms with Gasteiger partial charge in [0, 0.05) is 72.7 Å². The molecule has 7 nitrogen and oxygen atoms in total. The van der Waals surface area contributed by atoms with Gasteiger partial charge in [-0.1, -0.05) is 0 Å². The molecule has 0 unspecified atom stereocenters. The Labute approximate surface area is 203 Å². The molecule has 35 heavy (non-hydrogen) atoms. The highest BCUT2D eigenvalue weighted by Crippen LogP contribution is 2.26. The van der Waals surface area contributed by atoms with Crippen LogP contribution < -0.4 is 5.32 Å². The normalized spacial score (nSPS) is 16.8. The molecule has 2 aromatic heterocycles. The molecule has 0 radical (unpaired) electrons. The van der Waals surface area contributed by atoms with E-state index in [-0.39, 0.29) is 17.9 Å². The molecule has 10 heteroatoms. The van der Waals surface area contributed by atoms with Crippen molar-refractivity contribution in [3.8, 4) is 5.69 Å². The zero-order chi connectivity index (χ0) is 24.1. The summed E-state index contributed by atoms with van der Waals surface area (Å²) >= 11 is 1.32. The Balaban J connectivity index is 1.05. The number of amides is 2. The first-order valence-electron chi connectivity index (χ1n) is 11.3. The summed E-state index contributed by atoms with van der Waals surface area (Å²) in [6.45, 7) is 2.85. The monoisotopic (exact) mass is 493 g/mol. The van der Waals surface area contributed by atoms with Crippen LogP contribution in [0.15, 0.2) is 60.2 Å². The predicted octanol–water partition coefficient (Wildman–Crippen LogP) is 3.30. The Morgan fingerprint density at radius 1 is 1.00 bits per heavy atom. The van der Waals surface area contributed by atoms with Crippen LogP contribution in [0.1, 0.15) is 20.2 Å². The van der Waals surface area contributed by atoms with Crippen molar-refractivity contribution in [1.82, 2.24) is 24.7 Å². The summed E-state index contributed by atoms with van der Waals surface area (Å²) in [6.07, 6.45) is 3.39. The van der Waals surface area contributed by atoms with Crippen molar-refractivity contribution < 1.29 is 18.4 Å².